The average molecular weight is 241 g/mol. The molecule has 1 heterocycles. The number of hydrogen-bond donors (Lipinski definition) is 2. The Hall–Kier alpha value is -0.610. The lowest BCUT2D eigenvalue weighted by Crippen LogP contribution is -2.49. The molecule has 1 rings (SSSR count). The van der Waals surface area contributed by atoms with Crippen molar-refractivity contribution in [1.82, 2.24) is 15.5 Å². The lowest BCUT2D eigenvalue weighted by Gasteiger charge is -2.35. The van der Waals surface area contributed by atoms with E-state index in [-0.39, 0.29) is 5.91 Å². The fourth-order valence-corrected chi connectivity index (χ4v) is 2.11. The van der Waals surface area contributed by atoms with Crippen molar-refractivity contribution >= 4 is 5.91 Å². The summed E-state index contributed by atoms with van der Waals surface area (Å²) in [6.45, 7) is 7.95. The van der Waals surface area contributed by atoms with Crippen LogP contribution in [0.3, 0.4) is 0 Å². The molecule has 0 aromatic carbocycles. The monoisotopic (exact) mass is 241 g/mol. The quantitative estimate of drug-likeness (QED) is 0.754. The summed E-state index contributed by atoms with van der Waals surface area (Å²) in [4.78, 5) is 14.1. The normalized spacial score (nSPS) is 27.8. The van der Waals surface area contributed by atoms with Crippen LogP contribution in [0, 0.1) is 0 Å². The first-order chi connectivity index (χ1) is 8.02. The Kier molecular flexibility index (Phi) is 5.92. The summed E-state index contributed by atoms with van der Waals surface area (Å²) in [7, 11) is 2.15. The maximum atomic E-state index is 11.7. The van der Waals surface area contributed by atoms with E-state index in [9.17, 15) is 4.79 Å². The summed E-state index contributed by atoms with van der Waals surface area (Å²) in [5.74, 6) is 0.132. The molecular formula is C13H27N3O. The van der Waals surface area contributed by atoms with Gasteiger partial charge in [0.25, 0.3) is 0 Å². The van der Waals surface area contributed by atoms with Gasteiger partial charge in [0.2, 0.25) is 5.91 Å². The smallest absolute Gasteiger partial charge is 0.234 e. The Morgan fingerprint density at radius 1 is 1.53 bits per heavy atom. The fraction of sp³-hybridized carbons (Fsp3) is 0.923. The Balaban J connectivity index is 2.22. The van der Waals surface area contributed by atoms with E-state index in [1.807, 2.05) is 0 Å². The second-order valence-electron chi connectivity index (χ2n) is 5.31. The highest BCUT2D eigenvalue weighted by atomic mass is 16.2. The first kappa shape index (κ1) is 14.5. The van der Waals surface area contributed by atoms with E-state index in [2.05, 4.69) is 43.4 Å². The second-order valence-corrected chi connectivity index (χ2v) is 5.31. The van der Waals surface area contributed by atoms with Gasteiger partial charge >= 0.3 is 0 Å². The van der Waals surface area contributed by atoms with E-state index in [0.29, 0.717) is 24.7 Å². The Labute approximate surface area is 105 Å². The van der Waals surface area contributed by atoms with E-state index in [1.54, 1.807) is 0 Å². The Bertz CT molecular complexity index is 245. The molecule has 1 amide bonds. The third-order valence-electron chi connectivity index (χ3n) is 3.80. The predicted octanol–water partition coefficient (Wildman–Crippen LogP) is 0.973. The number of hydrogen-bond acceptors (Lipinski definition) is 3. The molecule has 2 N–H and O–H groups in total. The van der Waals surface area contributed by atoms with Gasteiger partial charge in [-0.3, -0.25) is 4.79 Å². The second kappa shape index (κ2) is 6.97. The van der Waals surface area contributed by atoms with Crippen LogP contribution in [-0.2, 0) is 4.79 Å². The van der Waals surface area contributed by atoms with Crippen molar-refractivity contribution in [2.45, 2.75) is 58.2 Å². The predicted molar refractivity (Wildman–Crippen MR) is 71.0 cm³/mol. The first-order valence-corrected chi connectivity index (χ1v) is 6.76. The number of piperidine rings is 1. The molecule has 100 valence electrons. The zero-order valence-electron chi connectivity index (χ0n) is 11.6. The number of carbonyl (C=O) groups is 1. The molecule has 1 aliphatic heterocycles. The van der Waals surface area contributed by atoms with Crippen LogP contribution < -0.4 is 10.6 Å². The third-order valence-corrected chi connectivity index (χ3v) is 3.80. The Morgan fingerprint density at radius 2 is 2.24 bits per heavy atom. The van der Waals surface area contributed by atoms with Crippen molar-refractivity contribution in [2.75, 3.05) is 20.1 Å². The van der Waals surface area contributed by atoms with Gasteiger partial charge in [0, 0.05) is 24.7 Å². The zero-order chi connectivity index (χ0) is 12.8. The maximum Gasteiger partial charge on any atom is 0.234 e. The van der Waals surface area contributed by atoms with Crippen LogP contribution in [0.2, 0.25) is 0 Å². The lowest BCUT2D eigenvalue weighted by atomic mass is 9.99. The van der Waals surface area contributed by atoms with Crippen LogP contribution in [0.15, 0.2) is 0 Å². The van der Waals surface area contributed by atoms with Gasteiger partial charge in [-0.2, -0.15) is 0 Å². The van der Waals surface area contributed by atoms with E-state index in [1.165, 1.54) is 0 Å². The summed E-state index contributed by atoms with van der Waals surface area (Å²) in [5, 5.41) is 6.34. The number of nitrogens with zero attached hydrogens (tertiary/aromatic N) is 1. The molecule has 3 atom stereocenters. The zero-order valence-corrected chi connectivity index (χ0v) is 11.6. The number of nitrogens with one attached hydrogen (secondary N) is 2. The van der Waals surface area contributed by atoms with Crippen molar-refractivity contribution in [3.63, 3.8) is 0 Å². The minimum Gasteiger partial charge on any atom is -0.352 e. The summed E-state index contributed by atoms with van der Waals surface area (Å²) in [6.07, 6.45) is 3.18. The molecule has 1 saturated heterocycles. The van der Waals surface area contributed by atoms with Crippen molar-refractivity contribution in [3.8, 4) is 0 Å². The molecule has 4 nitrogen and oxygen atoms in total. The van der Waals surface area contributed by atoms with Gasteiger partial charge in [0.15, 0.2) is 0 Å². The van der Waals surface area contributed by atoms with Crippen LogP contribution >= 0.6 is 0 Å². The average Bonchev–Trinajstić information content (AvgIpc) is 2.31. The maximum absolute atomic E-state index is 11.7. The lowest BCUT2D eigenvalue weighted by molar-refractivity contribution is -0.121. The topological polar surface area (TPSA) is 44.4 Å². The van der Waals surface area contributed by atoms with Crippen LogP contribution in [0.5, 0.6) is 0 Å². The van der Waals surface area contributed by atoms with E-state index >= 15 is 0 Å². The summed E-state index contributed by atoms with van der Waals surface area (Å²) < 4.78 is 0. The van der Waals surface area contributed by atoms with Gasteiger partial charge in [0.1, 0.15) is 0 Å². The van der Waals surface area contributed by atoms with Gasteiger partial charge in [-0.05, 0) is 40.2 Å². The van der Waals surface area contributed by atoms with E-state index < -0.39 is 0 Å². The minimum atomic E-state index is 0.132. The van der Waals surface area contributed by atoms with Crippen molar-refractivity contribution in [2.24, 2.45) is 0 Å². The number of likely N-dealkylation sites (tertiary alicyclic amines) is 1. The highest BCUT2D eigenvalue weighted by molar-refractivity contribution is 5.78. The highest BCUT2D eigenvalue weighted by Crippen LogP contribution is 2.14. The Morgan fingerprint density at radius 3 is 2.82 bits per heavy atom. The number of amides is 1. The molecule has 0 aromatic heterocycles. The van der Waals surface area contributed by atoms with Gasteiger partial charge < -0.3 is 15.5 Å². The molecule has 1 fully saturated rings. The molecule has 0 aliphatic carbocycles. The number of rotatable bonds is 5. The molecule has 1 aliphatic rings. The van der Waals surface area contributed by atoms with Crippen LogP contribution in [0.25, 0.3) is 0 Å². The number of carbonyl (C=O) groups excluding carboxylic acids is 1. The van der Waals surface area contributed by atoms with Gasteiger partial charge in [0.05, 0.1) is 6.54 Å². The SMILES string of the molecule is CCC(C)NCC(=O)NC1CCN(C)C(C)C1. The van der Waals surface area contributed by atoms with Gasteiger partial charge in [-0.1, -0.05) is 6.92 Å². The molecule has 0 spiro atoms. The molecule has 0 bridgehead atoms. The van der Waals surface area contributed by atoms with Crippen LogP contribution in [0.1, 0.15) is 40.0 Å². The van der Waals surface area contributed by atoms with E-state index in [4.69, 9.17) is 0 Å². The molecule has 0 radical (unpaired) electrons. The van der Waals surface area contributed by atoms with Crippen molar-refractivity contribution in [3.05, 3.63) is 0 Å². The van der Waals surface area contributed by atoms with Crippen molar-refractivity contribution < 1.29 is 4.79 Å². The van der Waals surface area contributed by atoms with Crippen LogP contribution in [0.4, 0.5) is 0 Å². The summed E-state index contributed by atoms with van der Waals surface area (Å²) in [6, 6.07) is 1.33. The first-order valence-electron chi connectivity index (χ1n) is 6.76. The molecule has 4 heteroatoms. The summed E-state index contributed by atoms with van der Waals surface area (Å²) >= 11 is 0. The molecule has 0 aromatic rings. The van der Waals surface area contributed by atoms with Crippen LogP contribution in [-0.4, -0.2) is 49.1 Å². The van der Waals surface area contributed by atoms with E-state index in [0.717, 1.165) is 25.8 Å². The third kappa shape index (κ3) is 5.04. The molecule has 3 unspecified atom stereocenters. The fourth-order valence-electron chi connectivity index (χ4n) is 2.11. The van der Waals surface area contributed by atoms with Gasteiger partial charge in [-0.25, -0.2) is 0 Å². The van der Waals surface area contributed by atoms with Crippen molar-refractivity contribution in [1.29, 1.82) is 0 Å². The molecule has 0 saturated carbocycles. The molecule has 17 heavy (non-hydrogen) atoms. The van der Waals surface area contributed by atoms with Gasteiger partial charge in [-0.15, -0.1) is 0 Å². The minimum absolute atomic E-state index is 0.132. The standard InChI is InChI=1S/C13H27N3O/c1-5-10(2)14-9-13(17)15-12-6-7-16(4)11(3)8-12/h10-12,14H,5-9H2,1-4H3,(H,15,17). The summed E-state index contributed by atoms with van der Waals surface area (Å²) in [5.41, 5.74) is 0. The molecular weight excluding hydrogens is 214 g/mol. The highest BCUT2D eigenvalue weighted by Gasteiger charge is 2.23. The largest absolute Gasteiger partial charge is 0.352 e.